The van der Waals surface area contributed by atoms with Gasteiger partial charge in [-0.15, -0.1) is 0 Å². The van der Waals surface area contributed by atoms with E-state index < -0.39 is 30.6 Å². The predicted octanol–water partition coefficient (Wildman–Crippen LogP) is 1.95. The first-order valence-electron chi connectivity index (χ1n) is 6.61. The highest BCUT2D eigenvalue weighted by molar-refractivity contribution is 5.93. The molecule has 0 saturated carbocycles. The topological polar surface area (TPSA) is 76.5 Å². The molecular formula is C13H20F2N4O3. The molecule has 2 amide bonds. The van der Waals surface area contributed by atoms with Gasteiger partial charge >= 0.3 is 6.09 Å². The van der Waals surface area contributed by atoms with Crippen molar-refractivity contribution in [2.45, 2.75) is 39.3 Å². The smallest absolute Gasteiger partial charge is 0.410 e. The summed E-state index contributed by atoms with van der Waals surface area (Å²) in [4.78, 5) is 24.6. The van der Waals surface area contributed by atoms with Gasteiger partial charge in [-0.25, -0.2) is 13.6 Å². The summed E-state index contributed by atoms with van der Waals surface area (Å²) in [5.74, 6) is -0.482. The molecule has 9 heteroatoms. The molecule has 1 aromatic rings. The fourth-order valence-electron chi connectivity index (χ4n) is 1.49. The van der Waals surface area contributed by atoms with Crippen molar-refractivity contribution in [2.75, 3.05) is 18.9 Å². The molecule has 0 aliphatic rings. The Labute approximate surface area is 127 Å². The fourth-order valence-corrected chi connectivity index (χ4v) is 1.49. The molecule has 0 atom stereocenters. The van der Waals surface area contributed by atoms with Gasteiger partial charge in [-0.05, 0) is 20.8 Å². The zero-order chi connectivity index (χ0) is 16.9. The van der Waals surface area contributed by atoms with Crippen molar-refractivity contribution in [3.63, 3.8) is 0 Å². The number of aromatic nitrogens is 2. The van der Waals surface area contributed by atoms with E-state index in [1.807, 2.05) is 0 Å². The van der Waals surface area contributed by atoms with Crippen molar-refractivity contribution in [3.05, 3.63) is 12.4 Å². The first-order valence-corrected chi connectivity index (χ1v) is 6.61. The van der Waals surface area contributed by atoms with Crippen molar-refractivity contribution in [2.24, 2.45) is 0 Å². The third kappa shape index (κ3) is 6.51. The van der Waals surface area contributed by atoms with Crippen LogP contribution in [0, 0.1) is 0 Å². The van der Waals surface area contributed by atoms with Gasteiger partial charge in [0.1, 0.15) is 18.7 Å². The van der Waals surface area contributed by atoms with Crippen LogP contribution < -0.4 is 5.32 Å². The van der Waals surface area contributed by atoms with Crippen LogP contribution in [-0.2, 0) is 16.1 Å². The van der Waals surface area contributed by atoms with Crippen LogP contribution in [0.1, 0.15) is 20.8 Å². The second-order valence-electron chi connectivity index (χ2n) is 5.73. The minimum absolute atomic E-state index is 0.227. The lowest BCUT2D eigenvalue weighted by Gasteiger charge is -2.24. The number of amides is 2. The van der Waals surface area contributed by atoms with Gasteiger partial charge in [0.05, 0.1) is 11.9 Å². The Morgan fingerprint density at radius 2 is 2.09 bits per heavy atom. The SMILES string of the molecule is CN(CC(=O)Nc1cnn(CC(F)F)c1)C(=O)OC(C)(C)C. The normalized spacial score (nSPS) is 11.4. The van der Waals surface area contributed by atoms with Gasteiger partial charge in [-0.2, -0.15) is 5.10 Å². The Kier molecular flexibility index (Phi) is 5.84. The summed E-state index contributed by atoms with van der Waals surface area (Å²) < 4.78 is 30.5. The third-order valence-corrected chi connectivity index (χ3v) is 2.33. The van der Waals surface area contributed by atoms with Gasteiger partial charge in [0.25, 0.3) is 6.43 Å². The molecule has 0 bridgehead atoms. The summed E-state index contributed by atoms with van der Waals surface area (Å²) in [6.07, 6.45) is -0.608. The summed E-state index contributed by atoms with van der Waals surface area (Å²) in [6, 6.07) is 0. The molecule has 0 saturated heterocycles. The molecule has 1 aromatic heterocycles. The monoisotopic (exact) mass is 318 g/mol. The van der Waals surface area contributed by atoms with E-state index in [9.17, 15) is 18.4 Å². The zero-order valence-electron chi connectivity index (χ0n) is 13.0. The van der Waals surface area contributed by atoms with Crippen LogP contribution in [0.15, 0.2) is 12.4 Å². The van der Waals surface area contributed by atoms with E-state index in [4.69, 9.17) is 4.74 Å². The molecule has 1 rings (SSSR count). The molecule has 22 heavy (non-hydrogen) atoms. The highest BCUT2D eigenvalue weighted by Gasteiger charge is 2.21. The predicted molar refractivity (Wildman–Crippen MR) is 75.7 cm³/mol. The lowest BCUT2D eigenvalue weighted by Crippen LogP contribution is -2.38. The largest absolute Gasteiger partial charge is 0.444 e. The van der Waals surface area contributed by atoms with Crippen molar-refractivity contribution in [3.8, 4) is 0 Å². The van der Waals surface area contributed by atoms with Gasteiger partial charge in [-0.1, -0.05) is 0 Å². The average molecular weight is 318 g/mol. The number of anilines is 1. The van der Waals surface area contributed by atoms with Crippen LogP contribution in [0.3, 0.4) is 0 Å². The van der Waals surface area contributed by atoms with E-state index in [0.717, 1.165) is 9.58 Å². The maximum atomic E-state index is 12.2. The van der Waals surface area contributed by atoms with Crippen molar-refractivity contribution in [1.29, 1.82) is 0 Å². The van der Waals surface area contributed by atoms with Gasteiger partial charge < -0.3 is 15.0 Å². The highest BCUT2D eigenvalue weighted by Crippen LogP contribution is 2.10. The molecule has 1 heterocycles. The molecule has 0 fully saturated rings. The molecule has 124 valence electrons. The number of halogens is 2. The molecular weight excluding hydrogens is 298 g/mol. The lowest BCUT2D eigenvalue weighted by molar-refractivity contribution is -0.117. The Bertz CT molecular complexity index is 526. The second kappa shape index (κ2) is 7.19. The van der Waals surface area contributed by atoms with Crippen LogP contribution in [0.2, 0.25) is 0 Å². The van der Waals surface area contributed by atoms with Crippen molar-refractivity contribution < 1.29 is 23.1 Å². The van der Waals surface area contributed by atoms with Gasteiger partial charge in [-0.3, -0.25) is 9.48 Å². The number of rotatable bonds is 5. The number of likely N-dealkylation sites (N-methyl/N-ethyl adjacent to an activating group) is 1. The number of ether oxygens (including phenoxy) is 1. The van der Waals surface area contributed by atoms with E-state index in [2.05, 4.69) is 10.4 Å². The molecule has 0 spiro atoms. The number of carbonyl (C=O) groups excluding carboxylic acids is 2. The number of nitrogens with one attached hydrogen (secondary N) is 1. The third-order valence-electron chi connectivity index (χ3n) is 2.33. The summed E-state index contributed by atoms with van der Waals surface area (Å²) in [5.41, 5.74) is -0.374. The van der Waals surface area contributed by atoms with E-state index in [-0.39, 0.29) is 12.2 Å². The number of alkyl halides is 2. The summed E-state index contributed by atoms with van der Waals surface area (Å²) in [6.45, 7) is 4.38. The van der Waals surface area contributed by atoms with Gasteiger partial charge in [0.2, 0.25) is 5.91 Å². The van der Waals surface area contributed by atoms with Crippen LogP contribution in [-0.4, -0.2) is 52.3 Å². The molecule has 1 N–H and O–H groups in total. The Hall–Kier alpha value is -2.19. The minimum Gasteiger partial charge on any atom is -0.444 e. The van der Waals surface area contributed by atoms with Gasteiger partial charge in [0, 0.05) is 13.2 Å². The van der Waals surface area contributed by atoms with Crippen LogP contribution in [0.4, 0.5) is 19.3 Å². The molecule has 0 aromatic carbocycles. The van der Waals surface area contributed by atoms with Crippen LogP contribution >= 0.6 is 0 Å². The number of carbonyl (C=O) groups is 2. The maximum Gasteiger partial charge on any atom is 0.410 e. The summed E-state index contributed by atoms with van der Waals surface area (Å²) in [7, 11) is 1.42. The molecule has 0 aliphatic carbocycles. The van der Waals surface area contributed by atoms with Crippen molar-refractivity contribution in [1.82, 2.24) is 14.7 Å². The van der Waals surface area contributed by atoms with E-state index in [0.29, 0.717) is 0 Å². The van der Waals surface area contributed by atoms with Gasteiger partial charge in [0.15, 0.2) is 0 Å². The first-order chi connectivity index (χ1) is 10.1. The first kappa shape index (κ1) is 17.9. The van der Waals surface area contributed by atoms with Crippen molar-refractivity contribution >= 4 is 17.7 Å². The van der Waals surface area contributed by atoms with E-state index in [1.165, 1.54) is 19.4 Å². The van der Waals surface area contributed by atoms with E-state index in [1.54, 1.807) is 20.8 Å². The van der Waals surface area contributed by atoms with E-state index >= 15 is 0 Å². The second-order valence-corrected chi connectivity index (χ2v) is 5.73. The zero-order valence-corrected chi connectivity index (χ0v) is 13.0. The molecule has 0 aliphatic heterocycles. The maximum absolute atomic E-state index is 12.2. The standard InChI is InChI=1S/C13H20F2N4O3/c1-13(2,3)22-12(21)18(4)8-11(20)17-9-5-16-19(6-9)7-10(14)15/h5-6,10H,7-8H2,1-4H3,(H,17,20). The fraction of sp³-hybridized carbons (Fsp3) is 0.615. The summed E-state index contributed by atoms with van der Waals surface area (Å²) in [5, 5.41) is 6.16. The molecule has 7 nitrogen and oxygen atoms in total. The minimum atomic E-state index is -2.53. The Balaban J connectivity index is 2.48. The Morgan fingerprint density at radius 3 is 2.64 bits per heavy atom. The summed E-state index contributed by atoms with van der Waals surface area (Å²) >= 11 is 0. The number of hydrogen-bond acceptors (Lipinski definition) is 4. The molecule has 0 radical (unpaired) electrons. The number of hydrogen-bond donors (Lipinski definition) is 1. The quantitative estimate of drug-likeness (QED) is 0.900. The number of nitrogens with zero attached hydrogens (tertiary/aromatic N) is 3. The molecule has 0 unspecified atom stereocenters. The Morgan fingerprint density at radius 1 is 1.45 bits per heavy atom. The highest BCUT2D eigenvalue weighted by atomic mass is 19.3. The van der Waals surface area contributed by atoms with Crippen LogP contribution in [0.5, 0.6) is 0 Å². The lowest BCUT2D eigenvalue weighted by atomic mass is 10.2. The van der Waals surface area contributed by atoms with Crippen LogP contribution in [0.25, 0.3) is 0 Å². The average Bonchev–Trinajstić information content (AvgIpc) is 2.72.